The lowest BCUT2D eigenvalue weighted by molar-refractivity contribution is -0.140. The highest BCUT2D eigenvalue weighted by Crippen LogP contribution is 2.33. The van der Waals surface area contributed by atoms with Gasteiger partial charge in [0.15, 0.2) is 0 Å². The van der Waals surface area contributed by atoms with Gasteiger partial charge in [-0.15, -0.1) is 24.8 Å². The lowest BCUT2D eigenvalue weighted by atomic mass is 9.74. The van der Waals surface area contributed by atoms with Gasteiger partial charge in [0.1, 0.15) is 0 Å². The monoisotopic (exact) mass is 417 g/mol. The number of hydrogen-bond acceptors (Lipinski definition) is 4. The molecule has 2 aliphatic rings. The minimum absolute atomic E-state index is 0. The van der Waals surface area contributed by atoms with Crippen molar-refractivity contribution in [3.05, 3.63) is 35.9 Å². The Morgan fingerprint density at radius 2 is 1.81 bits per heavy atom. The summed E-state index contributed by atoms with van der Waals surface area (Å²) in [6, 6.07) is 9.76. The smallest absolute Gasteiger partial charge is 0.227 e. The molecule has 1 aliphatic heterocycles. The zero-order chi connectivity index (χ0) is 17.9. The van der Waals surface area contributed by atoms with Crippen molar-refractivity contribution in [3.8, 4) is 0 Å². The summed E-state index contributed by atoms with van der Waals surface area (Å²) < 4.78 is 0. The van der Waals surface area contributed by atoms with E-state index < -0.39 is 6.10 Å². The molecule has 3 unspecified atom stereocenters. The van der Waals surface area contributed by atoms with E-state index in [1.54, 1.807) is 0 Å². The Hall–Kier alpha value is -0.850. The fraction of sp³-hybridized carbons (Fsp3) is 0.650. The lowest BCUT2D eigenvalue weighted by Crippen LogP contribution is -2.57. The van der Waals surface area contributed by atoms with Crippen LogP contribution in [-0.4, -0.2) is 59.1 Å². The van der Waals surface area contributed by atoms with E-state index in [2.05, 4.69) is 4.90 Å². The van der Waals surface area contributed by atoms with Gasteiger partial charge in [-0.05, 0) is 25.3 Å². The molecule has 0 spiro atoms. The molecule has 1 aromatic carbocycles. The topological polar surface area (TPSA) is 69.8 Å². The number of amides is 1. The highest BCUT2D eigenvalue weighted by atomic mass is 35.5. The number of nitrogens with two attached hydrogens (primary N) is 1. The molecule has 1 heterocycles. The lowest BCUT2D eigenvalue weighted by Gasteiger charge is -2.42. The zero-order valence-electron chi connectivity index (χ0n) is 16.0. The molecule has 1 saturated heterocycles. The highest BCUT2D eigenvalue weighted by molar-refractivity contribution is 5.85. The average Bonchev–Trinajstić information content (AvgIpc) is 2.62. The fourth-order valence-corrected chi connectivity index (χ4v) is 4.16. The number of benzene rings is 1. The molecular weight excluding hydrogens is 385 g/mol. The SMILES string of the molecule is CC1(N)CCCCC1C(=O)N1CCN(CC(O)c2ccccc2)CC1.Cl.Cl. The van der Waals surface area contributed by atoms with E-state index >= 15 is 0 Å². The van der Waals surface area contributed by atoms with Gasteiger partial charge in [0.25, 0.3) is 0 Å². The second-order valence-corrected chi connectivity index (χ2v) is 7.86. The summed E-state index contributed by atoms with van der Waals surface area (Å²) >= 11 is 0. The van der Waals surface area contributed by atoms with Crippen LogP contribution in [0.25, 0.3) is 0 Å². The molecule has 27 heavy (non-hydrogen) atoms. The number of piperazine rings is 1. The van der Waals surface area contributed by atoms with Crippen molar-refractivity contribution in [1.29, 1.82) is 0 Å². The standard InChI is InChI=1S/C20H31N3O2.2ClH/c1-20(21)10-6-5-9-17(20)19(25)23-13-11-22(12-14-23)15-18(24)16-7-3-2-4-8-16;;/h2-4,7-8,17-18,24H,5-6,9-15,21H2,1H3;2*1H. The largest absolute Gasteiger partial charge is 0.387 e. The van der Waals surface area contributed by atoms with Gasteiger partial charge in [-0.2, -0.15) is 0 Å². The Morgan fingerprint density at radius 1 is 1.19 bits per heavy atom. The summed E-state index contributed by atoms with van der Waals surface area (Å²) in [5.41, 5.74) is 6.98. The van der Waals surface area contributed by atoms with E-state index in [0.717, 1.165) is 57.4 Å². The summed E-state index contributed by atoms with van der Waals surface area (Å²) in [5, 5.41) is 10.4. The van der Waals surface area contributed by atoms with Gasteiger partial charge in [0.05, 0.1) is 12.0 Å². The summed E-state index contributed by atoms with van der Waals surface area (Å²) in [7, 11) is 0. The molecule has 154 valence electrons. The molecule has 0 radical (unpaired) electrons. The molecule has 3 rings (SSSR count). The molecule has 1 aromatic rings. The Kier molecular flexibility index (Phi) is 9.52. The Labute approximate surface area is 175 Å². The van der Waals surface area contributed by atoms with Crippen LogP contribution in [0.3, 0.4) is 0 Å². The zero-order valence-corrected chi connectivity index (χ0v) is 17.7. The molecule has 1 saturated carbocycles. The van der Waals surface area contributed by atoms with Gasteiger partial charge in [0.2, 0.25) is 5.91 Å². The van der Waals surface area contributed by atoms with E-state index in [4.69, 9.17) is 5.73 Å². The minimum atomic E-state index is -0.478. The van der Waals surface area contributed by atoms with Crippen LogP contribution in [-0.2, 0) is 4.79 Å². The first-order valence-electron chi connectivity index (χ1n) is 9.50. The van der Waals surface area contributed by atoms with E-state index in [9.17, 15) is 9.90 Å². The third-order valence-electron chi connectivity index (χ3n) is 5.85. The van der Waals surface area contributed by atoms with Crippen LogP contribution in [0.4, 0.5) is 0 Å². The van der Waals surface area contributed by atoms with Crippen LogP contribution >= 0.6 is 24.8 Å². The van der Waals surface area contributed by atoms with Gasteiger partial charge in [-0.1, -0.05) is 43.2 Å². The maximum Gasteiger partial charge on any atom is 0.227 e. The van der Waals surface area contributed by atoms with Crippen LogP contribution in [0.15, 0.2) is 30.3 Å². The van der Waals surface area contributed by atoms with Crippen LogP contribution in [0, 0.1) is 5.92 Å². The van der Waals surface area contributed by atoms with Crippen molar-refractivity contribution in [2.75, 3.05) is 32.7 Å². The third-order valence-corrected chi connectivity index (χ3v) is 5.85. The van der Waals surface area contributed by atoms with E-state index in [0.29, 0.717) is 6.54 Å². The molecule has 0 bridgehead atoms. The van der Waals surface area contributed by atoms with Gasteiger partial charge >= 0.3 is 0 Å². The number of rotatable bonds is 4. The van der Waals surface area contributed by atoms with Crippen molar-refractivity contribution in [2.45, 2.75) is 44.2 Å². The fourth-order valence-electron chi connectivity index (χ4n) is 4.16. The van der Waals surface area contributed by atoms with Gasteiger partial charge in [-0.3, -0.25) is 9.69 Å². The predicted octanol–water partition coefficient (Wildman–Crippen LogP) is 2.62. The predicted molar refractivity (Wildman–Crippen MR) is 113 cm³/mol. The second-order valence-electron chi connectivity index (χ2n) is 7.86. The normalized spacial score (nSPS) is 27.2. The number of nitrogens with zero attached hydrogens (tertiary/aromatic N) is 2. The molecule has 1 amide bonds. The first-order valence-corrected chi connectivity index (χ1v) is 9.50. The maximum atomic E-state index is 12.9. The third kappa shape index (κ3) is 6.06. The van der Waals surface area contributed by atoms with Gasteiger partial charge in [0, 0.05) is 38.3 Å². The highest BCUT2D eigenvalue weighted by Gasteiger charge is 2.40. The molecule has 7 heteroatoms. The Bertz CT molecular complexity index is 578. The van der Waals surface area contributed by atoms with Crippen LogP contribution in [0.1, 0.15) is 44.3 Å². The van der Waals surface area contributed by atoms with E-state index in [-0.39, 0.29) is 42.2 Å². The van der Waals surface area contributed by atoms with Crippen LogP contribution in [0.2, 0.25) is 0 Å². The van der Waals surface area contributed by atoms with Crippen molar-refractivity contribution >= 4 is 30.7 Å². The van der Waals surface area contributed by atoms with Crippen LogP contribution < -0.4 is 5.73 Å². The minimum Gasteiger partial charge on any atom is -0.387 e. The molecule has 5 nitrogen and oxygen atoms in total. The number of aliphatic hydroxyl groups excluding tert-OH is 1. The van der Waals surface area contributed by atoms with Gasteiger partial charge in [-0.25, -0.2) is 0 Å². The van der Waals surface area contributed by atoms with Crippen molar-refractivity contribution < 1.29 is 9.90 Å². The second kappa shape index (κ2) is 10.6. The molecule has 2 fully saturated rings. The van der Waals surface area contributed by atoms with Gasteiger partial charge < -0.3 is 15.7 Å². The first-order chi connectivity index (χ1) is 12.0. The molecule has 0 aromatic heterocycles. The number of β-amino-alcohol motifs (C(OH)–C–C–N with tert-alkyl or cyclic N) is 1. The Morgan fingerprint density at radius 3 is 2.41 bits per heavy atom. The van der Waals surface area contributed by atoms with Crippen molar-refractivity contribution in [3.63, 3.8) is 0 Å². The Balaban J connectivity index is 0.00000182. The quantitative estimate of drug-likeness (QED) is 0.789. The first kappa shape index (κ1) is 24.2. The number of carbonyl (C=O) groups excluding carboxylic acids is 1. The van der Waals surface area contributed by atoms with E-state index in [1.165, 1.54) is 0 Å². The summed E-state index contributed by atoms with van der Waals surface area (Å²) in [6.07, 6.45) is 3.61. The van der Waals surface area contributed by atoms with E-state index in [1.807, 2.05) is 42.2 Å². The molecule has 3 N–H and O–H groups in total. The van der Waals surface area contributed by atoms with Crippen LogP contribution in [0.5, 0.6) is 0 Å². The summed E-state index contributed by atoms with van der Waals surface area (Å²) in [5.74, 6) is 0.190. The summed E-state index contributed by atoms with van der Waals surface area (Å²) in [6.45, 7) is 5.72. The number of halogens is 2. The number of carbonyl (C=O) groups is 1. The van der Waals surface area contributed by atoms with Crippen molar-refractivity contribution in [2.24, 2.45) is 11.7 Å². The van der Waals surface area contributed by atoms with Crippen molar-refractivity contribution in [1.82, 2.24) is 9.80 Å². The molecule has 3 atom stereocenters. The molecular formula is C20H33Cl2N3O2. The molecule has 1 aliphatic carbocycles. The average molecular weight is 418 g/mol. The maximum absolute atomic E-state index is 12.9. The summed E-state index contributed by atoms with van der Waals surface area (Å²) in [4.78, 5) is 17.1. The number of aliphatic hydroxyl groups is 1. The number of hydrogen-bond donors (Lipinski definition) is 2.